The molecule has 3 heterocycles. The molecule has 0 saturated carbocycles. The molecule has 1 unspecified atom stereocenters. The first-order valence-corrected chi connectivity index (χ1v) is 8.04. The average Bonchev–Trinajstić information content (AvgIpc) is 2.56. The van der Waals surface area contributed by atoms with E-state index in [9.17, 15) is 0 Å². The summed E-state index contributed by atoms with van der Waals surface area (Å²) in [5, 5.41) is 0. The Morgan fingerprint density at radius 3 is 2.82 bits per heavy atom. The van der Waals surface area contributed by atoms with Crippen LogP contribution in [0.15, 0.2) is 42.7 Å². The molecule has 4 heteroatoms. The van der Waals surface area contributed by atoms with Crippen molar-refractivity contribution in [1.29, 1.82) is 0 Å². The van der Waals surface area contributed by atoms with E-state index in [0.717, 1.165) is 36.2 Å². The minimum atomic E-state index is 0.720. The number of aromatic nitrogens is 2. The SMILES string of the molecule is CC1CCCN(CCOc2ccc(-c3ccccn3)nc2)C1. The van der Waals surface area contributed by atoms with Gasteiger partial charge in [-0.1, -0.05) is 13.0 Å². The van der Waals surface area contributed by atoms with E-state index in [4.69, 9.17) is 4.74 Å². The quantitative estimate of drug-likeness (QED) is 0.849. The van der Waals surface area contributed by atoms with Crippen LogP contribution in [-0.2, 0) is 0 Å². The Kier molecular flexibility index (Phi) is 5.01. The molecule has 0 spiro atoms. The van der Waals surface area contributed by atoms with Gasteiger partial charge in [-0.25, -0.2) is 0 Å². The fraction of sp³-hybridized carbons (Fsp3) is 0.444. The highest BCUT2D eigenvalue weighted by molar-refractivity contribution is 5.53. The maximum absolute atomic E-state index is 5.81. The molecular weight excluding hydrogens is 274 g/mol. The standard InChI is InChI=1S/C18H23N3O/c1-15-5-4-10-21(14-15)11-12-22-16-7-8-18(20-13-16)17-6-2-3-9-19-17/h2-3,6-9,13,15H,4-5,10-12,14H2,1H3. The van der Waals surface area contributed by atoms with Crippen molar-refractivity contribution in [1.82, 2.24) is 14.9 Å². The van der Waals surface area contributed by atoms with E-state index < -0.39 is 0 Å². The van der Waals surface area contributed by atoms with Crippen molar-refractivity contribution < 1.29 is 4.74 Å². The largest absolute Gasteiger partial charge is 0.491 e. The molecule has 1 saturated heterocycles. The summed E-state index contributed by atoms with van der Waals surface area (Å²) < 4.78 is 5.81. The summed E-state index contributed by atoms with van der Waals surface area (Å²) in [6.45, 7) is 6.43. The van der Waals surface area contributed by atoms with Gasteiger partial charge in [-0.2, -0.15) is 0 Å². The third-order valence-electron chi connectivity index (χ3n) is 4.08. The van der Waals surface area contributed by atoms with E-state index in [-0.39, 0.29) is 0 Å². The number of rotatable bonds is 5. The molecule has 0 bridgehead atoms. The minimum Gasteiger partial charge on any atom is -0.491 e. The van der Waals surface area contributed by atoms with Crippen LogP contribution in [0, 0.1) is 5.92 Å². The number of ether oxygens (including phenoxy) is 1. The van der Waals surface area contributed by atoms with Crippen LogP contribution >= 0.6 is 0 Å². The summed E-state index contributed by atoms with van der Waals surface area (Å²) in [5.74, 6) is 1.64. The first kappa shape index (κ1) is 15.0. The Morgan fingerprint density at radius 2 is 2.09 bits per heavy atom. The topological polar surface area (TPSA) is 38.2 Å². The maximum atomic E-state index is 5.81. The molecule has 1 fully saturated rings. The number of hydrogen-bond donors (Lipinski definition) is 0. The number of hydrogen-bond acceptors (Lipinski definition) is 4. The second-order valence-corrected chi connectivity index (χ2v) is 5.99. The first-order valence-electron chi connectivity index (χ1n) is 8.04. The van der Waals surface area contributed by atoms with Gasteiger partial charge in [0.15, 0.2) is 0 Å². The van der Waals surface area contributed by atoms with E-state index >= 15 is 0 Å². The van der Waals surface area contributed by atoms with Crippen LogP contribution in [0.5, 0.6) is 5.75 Å². The molecule has 1 aliphatic rings. The third-order valence-corrected chi connectivity index (χ3v) is 4.08. The van der Waals surface area contributed by atoms with Crippen LogP contribution in [-0.4, -0.2) is 41.1 Å². The second kappa shape index (κ2) is 7.36. The Hall–Kier alpha value is -1.94. The highest BCUT2D eigenvalue weighted by Gasteiger charge is 2.15. The zero-order valence-electron chi connectivity index (χ0n) is 13.1. The molecule has 1 atom stereocenters. The van der Waals surface area contributed by atoms with Gasteiger partial charge in [-0.05, 0) is 49.6 Å². The predicted molar refractivity (Wildman–Crippen MR) is 87.8 cm³/mol. The molecule has 0 aromatic carbocycles. The lowest BCUT2D eigenvalue weighted by molar-refractivity contribution is 0.153. The van der Waals surface area contributed by atoms with Gasteiger partial charge in [0.05, 0.1) is 17.6 Å². The third kappa shape index (κ3) is 4.04. The average molecular weight is 297 g/mol. The number of piperidine rings is 1. The second-order valence-electron chi connectivity index (χ2n) is 5.99. The zero-order chi connectivity index (χ0) is 15.2. The molecule has 1 aliphatic heterocycles. The lowest BCUT2D eigenvalue weighted by Gasteiger charge is -2.30. The molecule has 2 aromatic heterocycles. The summed E-state index contributed by atoms with van der Waals surface area (Å²) in [6, 6.07) is 9.76. The minimum absolute atomic E-state index is 0.720. The van der Waals surface area contributed by atoms with Crippen molar-refractivity contribution >= 4 is 0 Å². The van der Waals surface area contributed by atoms with E-state index in [1.807, 2.05) is 30.3 Å². The molecule has 116 valence electrons. The van der Waals surface area contributed by atoms with Crippen LogP contribution < -0.4 is 4.74 Å². The lowest BCUT2D eigenvalue weighted by Crippen LogP contribution is -2.37. The molecule has 3 rings (SSSR count). The summed E-state index contributed by atoms with van der Waals surface area (Å²) in [4.78, 5) is 11.2. The maximum Gasteiger partial charge on any atom is 0.137 e. The van der Waals surface area contributed by atoms with Gasteiger partial charge in [-0.15, -0.1) is 0 Å². The summed E-state index contributed by atoms with van der Waals surface area (Å²) in [5.41, 5.74) is 1.76. The van der Waals surface area contributed by atoms with E-state index in [2.05, 4.69) is 21.8 Å². The van der Waals surface area contributed by atoms with Crippen LogP contribution in [0.1, 0.15) is 19.8 Å². The van der Waals surface area contributed by atoms with E-state index in [1.54, 1.807) is 12.4 Å². The highest BCUT2D eigenvalue weighted by Crippen LogP contribution is 2.18. The number of nitrogens with zero attached hydrogens (tertiary/aromatic N) is 3. The number of likely N-dealkylation sites (tertiary alicyclic amines) is 1. The molecule has 0 amide bonds. The van der Waals surface area contributed by atoms with Crippen molar-refractivity contribution in [2.24, 2.45) is 5.92 Å². The normalized spacial score (nSPS) is 19.0. The van der Waals surface area contributed by atoms with Gasteiger partial charge < -0.3 is 4.74 Å². The Labute approximate surface area is 132 Å². The lowest BCUT2D eigenvalue weighted by atomic mass is 10.0. The van der Waals surface area contributed by atoms with Crippen LogP contribution in [0.3, 0.4) is 0 Å². The van der Waals surface area contributed by atoms with Crippen LogP contribution in [0.2, 0.25) is 0 Å². The Morgan fingerprint density at radius 1 is 1.18 bits per heavy atom. The predicted octanol–water partition coefficient (Wildman–Crippen LogP) is 3.25. The molecule has 0 radical (unpaired) electrons. The van der Waals surface area contributed by atoms with Crippen molar-refractivity contribution in [3.8, 4) is 17.1 Å². The van der Waals surface area contributed by atoms with Gasteiger partial charge in [-0.3, -0.25) is 14.9 Å². The summed E-state index contributed by atoms with van der Waals surface area (Å²) in [7, 11) is 0. The fourth-order valence-corrected chi connectivity index (χ4v) is 2.91. The van der Waals surface area contributed by atoms with Crippen LogP contribution in [0.25, 0.3) is 11.4 Å². The van der Waals surface area contributed by atoms with Gasteiger partial charge in [0.25, 0.3) is 0 Å². The highest BCUT2D eigenvalue weighted by atomic mass is 16.5. The Bertz CT molecular complexity index is 571. The molecular formula is C18H23N3O. The summed E-state index contributed by atoms with van der Waals surface area (Å²) in [6.07, 6.45) is 6.22. The van der Waals surface area contributed by atoms with Crippen molar-refractivity contribution in [2.45, 2.75) is 19.8 Å². The monoisotopic (exact) mass is 297 g/mol. The molecule has 0 aliphatic carbocycles. The molecule has 0 N–H and O–H groups in total. The molecule has 22 heavy (non-hydrogen) atoms. The van der Waals surface area contributed by atoms with Crippen molar-refractivity contribution in [2.75, 3.05) is 26.2 Å². The van der Waals surface area contributed by atoms with Crippen molar-refractivity contribution in [3.63, 3.8) is 0 Å². The van der Waals surface area contributed by atoms with Gasteiger partial charge in [0.1, 0.15) is 12.4 Å². The Balaban J connectivity index is 1.49. The summed E-state index contributed by atoms with van der Waals surface area (Å²) >= 11 is 0. The molecule has 4 nitrogen and oxygen atoms in total. The van der Waals surface area contributed by atoms with Crippen LogP contribution in [0.4, 0.5) is 0 Å². The fourth-order valence-electron chi connectivity index (χ4n) is 2.91. The van der Waals surface area contributed by atoms with Gasteiger partial charge in [0.2, 0.25) is 0 Å². The molecule has 2 aromatic rings. The smallest absolute Gasteiger partial charge is 0.137 e. The van der Waals surface area contributed by atoms with E-state index in [1.165, 1.54) is 25.9 Å². The van der Waals surface area contributed by atoms with Gasteiger partial charge >= 0.3 is 0 Å². The van der Waals surface area contributed by atoms with Crippen molar-refractivity contribution in [3.05, 3.63) is 42.7 Å². The zero-order valence-corrected chi connectivity index (χ0v) is 13.1. The van der Waals surface area contributed by atoms with E-state index in [0.29, 0.717) is 0 Å². The first-order chi connectivity index (χ1) is 10.8. The number of pyridine rings is 2. The van der Waals surface area contributed by atoms with Gasteiger partial charge in [0, 0.05) is 19.3 Å².